The predicted octanol–water partition coefficient (Wildman–Crippen LogP) is 2.18. The molecule has 1 unspecified atom stereocenters. The lowest BCUT2D eigenvalue weighted by Crippen LogP contribution is -2.65. The molecule has 1 aliphatic heterocycles. The molecular weight excluding hydrogens is 252 g/mol. The Bertz CT molecular complexity index is 335. The number of esters is 1. The minimum atomic E-state index is -0.423. The zero-order valence-corrected chi connectivity index (χ0v) is 13.3. The van der Waals surface area contributed by atoms with Crippen molar-refractivity contribution < 1.29 is 9.53 Å². The molecule has 20 heavy (non-hydrogen) atoms. The first kappa shape index (κ1) is 15.8. The molecule has 1 saturated carbocycles. The minimum absolute atomic E-state index is 0.00611. The van der Waals surface area contributed by atoms with Gasteiger partial charge in [0.25, 0.3) is 0 Å². The minimum Gasteiger partial charge on any atom is -0.465 e. The molecule has 0 radical (unpaired) electrons. The van der Waals surface area contributed by atoms with Gasteiger partial charge < -0.3 is 10.1 Å². The van der Waals surface area contributed by atoms with Crippen LogP contribution in [-0.2, 0) is 9.53 Å². The fourth-order valence-electron chi connectivity index (χ4n) is 4.06. The lowest BCUT2D eigenvalue weighted by Gasteiger charge is -2.53. The molecule has 4 heteroatoms. The first-order chi connectivity index (χ1) is 9.54. The predicted molar refractivity (Wildman–Crippen MR) is 80.7 cm³/mol. The fourth-order valence-corrected chi connectivity index (χ4v) is 4.06. The summed E-state index contributed by atoms with van der Waals surface area (Å²) in [7, 11) is 0. The van der Waals surface area contributed by atoms with Gasteiger partial charge in [0.15, 0.2) is 0 Å². The number of nitrogens with zero attached hydrogens (tertiary/aromatic N) is 1. The summed E-state index contributed by atoms with van der Waals surface area (Å²) in [5, 5.41) is 3.44. The van der Waals surface area contributed by atoms with E-state index in [2.05, 4.69) is 24.1 Å². The van der Waals surface area contributed by atoms with Gasteiger partial charge in [0.05, 0.1) is 6.61 Å². The molecule has 2 aliphatic rings. The van der Waals surface area contributed by atoms with E-state index >= 15 is 0 Å². The monoisotopic (exact) mass is 282 g/mol. The second kappa shape index (κ2) is 6.44. The van der Waals surface area contributed by atoms with Crippen LogP contribution in [0.15, 0.2) is 0 Å². The summed E-state index contributed by atoms with van der Waals surface area (Å²) < 4.78 is 5.51. The molecule has 1 saturated heterocycles. The van der Waals surface area contributed by atoms with Crippen molar-refractivity contribution in [3.63, 3.8) is 0 Å². The van der Waals surface area contributed by atoms with Crippen molar-refractivity contribution in [1.82, 2.24) is 10.2 Å². The van der Waals surface area contributed by atoms with Gasteiger partial charge in [-0.15, -0.1) is 0 Å². The van der Waals surface area contributed by atoms with Gasteiger partial charge >= 0.3 is 5.97 Å². The van der Waals surface area contributed by atoms with Crippen LogP contribution in [0.2, 0.25) is 0 Å². The van der Waals surface area contributed by atoms with Gasteiger partial charge in [-0.2, -0.15) is 0 Å². The molecule has 2 fully saturated rings. The van der Waals surface area contributed by atoms with E-state index in [0.29, 0.717) is 6.61 Å². The molecule has 1 aliphatic carbocycles. The molecule has 0 aromatic rings. The number of nitrogens with one attached hydrogen (secondary N) is 1. The Labute approximate surface area is 123 Å². The van der Waals surface area contributed by atoms with Crippen molar-refractivity contribution in [1.29, 1.82) is 0 Å². The highest BCUT2D eigenvalue weighted by molar-refractivity contribution is 5.82. The standard InChI is InChI=1S/C16H30N2O2/c1-4-20-14(19)16(9-6-5-8-15(16,2)3)18-12-7-10-17-11-13-18/h17H,4-13H2,1-3H3. The van der Waals surface area contributed by atoms with Crippen LogP contribution in [-0.4, -0.2) is 49.2 Å². The van der Waals surface area contributed by atoms with Crippen LogP contribution in [0, 0.1) is 5.41 Å². The summed E-state index contributed by atoms with van der Waals surface area (Å²) in [6.07, 6.45) is 5.51. The molecule has 2 rings (SSSR count). The summed E-state index contributed by atoms with van der Waals surface area (Å²) in [4.78, 5) is 15.3. The van der Waals surface area contributed by atoms with E-state index in [1.165, 1.54) is 6.42 Å². The summed E-state index contributed by atoms with van der Waals surface area (Å²) >= 11 is 0. The Kier molecular flexibility index (Phi) is 5.08. The molecule has 0 aromatic carbocycles. The van der Waals surface area contributed by atoms with Crippen LogP contribution in [0.25, 0.3) is 0 Å². The molecule has 0 aromatic heterocycles. The van der Waals surface area contributed by atoms with Crippen molar-refractivity contribution in [2.24, 2.45) is 5.41 Å². The van der Waals surface area contributed by atoms with Crippen molar-refractivity contribution in [3.8, 4) is 0 Å². The zero-order valence-electron chi connectivity index (χ0n) is 13.3. The third-order valence-electron chi connectivity index (χ3n) is 5.20. The third kappa shape index (κ3) is 2.73. The van der Waals surface area contributed by atoms with E-state index in [9.17, 15) is 4.79 Å². The Balaban J connectivity index is 2.33. The summed E-state index contributed by atoms with van der Waals surface area (Å²) in [5.41, 5.74) is -0.435. The molecule has 0 bridgehead atoms. The van der Waals surface area contributed by atoms with Crippen LogP contribution in [0.3, 0.4) is 0 Å². The van der Waals surface area contributed by atoms with Gasteiger partial charge in [-0.3, -0.25) is 9.69 Å². The molecule has 1 N–H and O–H groups in total. The summed E-state index contributed by atoms with van der Waals surface area (Å²) in [5.74, 6) is 0.00611. The van der Waals surface area contributed by atoms with Crippen LogP contribution in [0.5, 0.6) is 0 Å². The van der Waals surface area contributed by atoms with E-state index in [1.807, 2.05) is 6.92 Å². The van der Waals surface area contributed by atoms with Crippen LogP contribution < -0.4 is 5.32 Å². The highest BCUT2D eigenvalue weighted by Crippen LogP contribution is 2.48. The second-order valence-corrected chi connectivity index (χ2v) is 6.76. The molecule has 0 amide bonds. The normalized spacial score (nSPS) is 31.6. The van der Waals surface area contributed by atoms with Gasteiger partial charge in [0.1, 0.15) is 5.54 Å². The average Bonchev–Trinajstić information content (AvgIpc) is 2.68. The number of ether oxygens (including phenoxy) is 1. The zero-order chi connectivity index (χ0) is 14.6. The highest BCUT2D eigenvalue weighted by Gasteiger charge is 2.56. The maximum Gasteiger partial charge on any atom is 0.327 e. The maximum atomic E-state index is 12.9. The molecule has 4 nitrogen and oxygen atoms in total. The van der Waals surface area contributed by atoms with E-state index in [0.717, 1.165) is 51.9 Å². The summed E-state index contributed by atoms with van der Waals surface area (Å²) in [6.45, 7) is 10.8. The van der Waals surface area contributed by atoms with Gasteiger partial charge in [0, 0.05) is 19.6 Å². The molecule has 1 atom stereocenters. The average molecular weight is 282 g/mol. The van der Waals surface area contributed by atoms with Gasteiger partial charge in [-0.05, 0) is 38.1 Å². The van der Waals surface area contributed by atoms with Crippen molar-refractivity contribution >= 4 is 5.97 Å². The Morgan fingerprint density at radius 1 is 1.15 bits per heavy atom. The quantitative estimate of drug-likeness (QED) is 0.806. The lowest BCUT2D eigenvalue weighted by atomic mass is 9.62. The fraction of sp³-hybridized carbons (Fsp3) is 0.938. The topological polar surface area (TPSA) is 41.6 Å². The van der Waals surface area contributed by atoms with E-state index in [-0.39, 0.29) is 11.4 Å². The Morgan fingerprint density at radius 2 is 1.90 bits per heavy atom. The second-order valence-electron chi connectivity index (χ2n) is 6.76. The van der Waals surface area contributed by atoms with Crippen molar-refractivity contribution in [2.45, 2.75) is 58.4 Å². The van der Waals surface area contributed by atoms with E-state index in [4.69, 9.17) is 4.74 Å². The molecule has 1 heterocycles. The largest absolute Gasteiger partial charge is 0.465 e. The third-order valence-corrected chi connectivity index (χ3v) is 5.20. The maximum absolute atomic E-state index is 12.9. The van der Waals surface area contributed by atoms with Crippen molar-refractivity contribution in [2.75, 3.05) is 32.8 Å². The summed E-state index contributed by atoms with van der Waals surface area (Å²) in [6, 6.07) is 0. The lowest BCUT2D eigenvalue weighted by molar-refractivity contribution is -0.172. The Morgan fingerprint density at radius 3 is 2.60 bits per heavy atom. The van der Waals surface area contributed by atoms with E-state index < -0.39 is 5.54 Å². The number of rotatable bonds is 3. The number of carbonyl (C=O) groups is 1. The molecular formula is C16H30N2O2. The van der Waals surface area contributed by atoms with Gasteiger partial charge in [0.2, 0.25) is 0 Å². The number of hydrogen-bond donors (Lipinski definition) is 1. The first-order valence-electron chi connectivity index (χ1n) is 8.17. The number of hydrogen-bond acceptors (Lipinski definition) is 4. The molecule has 116 valence electrons. The molecule has 0 spiro atoms. The van der Waals surface area contributed by atoms with Crippen LogP contribution in [0.4, 0.5) is 0 Å². The van der Waals surface area contributed by atoms with Crippen molar-refractivity contribution in [3.05, 3.63) is 0 Å². The first-order valence-corrected chi connectivity index (χ1v) is 8.17. The van der Waals surface area contributed by atoms with Crippen LogP contribution in [0.1, 0.15) is 52.9 Å². The Hall–Kier alpha value is -0.610. The van der Waals surface area contributed by atoms with Gasteiger partial charge in [-0.25, -0.2) is 0 Å². The number of carbonyl (C=O) groups excluding carboxylic acids is 1. The highest BCUT2D eigenvalue weighted by atomic mass is 16.5. The van der Waals surface area contributed by atoms with E-state index in [1.54, 1.807) is 0 Å². The van der Waals surface area contributed by atoms with Crippen LogP contribution >= 0.6 is 0 Å². The smallest absolute Gasteiger partial charge is 0.327 e. The SMILES string of the molecule is CCOC(=O)C1(N2CCCNCC2)CCCCC1(C)C. The van der Waals surface area contributed by atoms with Gasteiger partial charge in [-0.1, -0.05) is 26.7 Å².